The molecule has 0 atom stereocenters. The molecule has 3 N–H and O–H groups in total. The zero-order chi connectivity index (χ0) is 17.9. The zero-order valence-corrected chi connectivity index (χ0v) is 13.9. The first-order valence-electron chi connectivity index (χ1n) is 7.70. The van der Waals surface area contributed by atoms with E-state index in [4.69, 9.17) is 5.11 Å². The quantitative estimate of drug-likeness (QED) is 0.681. The Morgan fingerprint density at radius 1 is 1.29 bits per heavy atom. The minimum atomic E-state index is -0.484. The molecule has 0 aromatic heterocycles. The molecule has 0 fully saturated rings. The van der Waals surface area contributed by atoms with Crippen LogP contribution < -0.4 is 10.6 Å². The summed E-state index contributed by atoms with van der Waals surface area (Å²) in [5, 5.41) is 14.6. The molecule has 24 heavy (non-hydrogen) atoms. The standard InChI is InChI=1S/C17H21N3O4/c1-10(2)16(23)19-13-8-12(5-4-11(13)3)18-14-9-15(22)20(6-7-21)17(14)24/h4-5,8-10,18,21H,6-7H2,1-3H3,(H,19,23). The van der Waals surface area contributed by atoms with Crippen LogP contribution in [0.5, 0.6) is 0 Å². The molecule has 0 aliphatic carbocycles. The van der Waals surface area contributed by atoms with Gasteiger partial charge in [-0.1, -0.05) is 19.9 Å². The second-order valence-corrected chi connectivity index (χ2v) is 5.88. The number of rotatable bonds is 6. The van der Waals surface area contributed by atoms with E-state index in [-0.39, 0.29) is 30.7 Å². The molecule has 128 valence electrons. The lowest BCUT2D eigenvalue weighted by Gasteiger charge is -2.15. The monoisotopic (exact) mass is 331 g/mol. The van der Waals surface area contributed by atoms with Gasteiger partial charge in [-0.25, -0.2) is 0 Å². The molecule has 1 aromatic carbocycles. The lowest BCUT2D eigenvalue weighted by Crippen LogP contribution is -2.34. The Kier molecular flexibility index (Phi) is 5.35. The van der Waals surface area contributed by atoms with Gasteiger partial charge in [-0.05, 0) is 24.6 Å². The van der Waals surface area contributed by atoms with E-state index in [1.165, 1.54) is 6.08 Å². The third-order valence-electron chi connectivity index (χ3n) is 3.63. The van der Waals surface area contributed by atoms with Gasteiger partial charge in [-0.15, -0.1) is 0 Å². The topological polar surface area (TPSA) is 98.7 Å². The van der Waals surface area contributed by atoms with Crippen LogP contribution in [0.25, 0.3) is 0 Å². The number of carbonyl (C=O) groups excluding carboxylic acids is 3. The minimum Gasteiger partial charge on any atom is -0.395 e. The Morgan fingerprint density at radius 2 is 2.00 bits per heavy atom. The van der Waals surface area contributed by atoms with Crippen LogP contribution in [-0.2, 0) is 14.4 Å². The summed E-state index contributed by atoms with van der Waals surface area (Å²) < 4.78 is 0. The van der Waals surface area contributed by atoms with Crippen molar-refractivity contribution in [1.29, 1.82) is 0 Å². The average Bonchev–Trinajstić information content (AvgIpc) is 2.78. The summed E-state index contributed by atoms with van der Waals surface area (Å²) >= 11 is 0. The Bertz CT molecular complexity index is 710. The number of nitrogens with one attached hydrogen (secondary N) is 2. The lowest BCUT2D eigenvalue weighted by molar-refractivity contribution is -0.137. The Balaban J connectivity index is 2.16. The van der Waals surface area contributed by atoms with E-state index < -0.39 is 11.8 Å². The van der Waals surface area contributed by atoms with Crippen LogP contribution in [0.4, 0.5) is 11.4 Å². The number of hydrogen-bond acceptors (Lipinski definition) is 5. The van der Waals surface area contributed by atoms with E-state index in [2.05, 4.69) is 10.6 Å². The first kappa shape index (κ1) is 17.7. The van der Waals surface area contributed by atoms with E-state index in [9.17, 15) is 14.4 Å². The first-order valence-corrected chi connectivity index (χ1v) is 7.70. The fourth-order valence-electron chi connectivity index (χ4n) is 2.18. The molecular weight excluding hydrogens is 310 g/mol. The fourth-order valence-corrected chi connectivity index (χ4v) is 2.18. The highest BCUT2D eigenvalue weighted by Gasteiger charge is 2.30. The number of benzene rings is 1. The molecule has 1 aliphatic rings. The van der Waals surface area contributed by atoms with Gasteiger partial charge in [-0.3, -0.25) is 19.3 Å². The summed E-state index contributed by atoms with van der Waals surface area (Å²) in [5.41, 5.74) is 2.25. The number of aliphatic hydroxyl groups excluding tert-OH is 1. The smallest absolute Gasteiger partial charge is 0.277 e. The van der Waals surface area contributed by atoms with Gasteiger partial charge in [0.15, 0.2) is 0 Å². The third kappa shape index (κ3) is 3.80. The van der Waals surface area contributed by atoms with Gasteiger partial charge in [0.1, 0.15) is 5.70 Å². The predicted molar refractivity (Wildman–Crippen MR) is 90.2 cm³/mol. The second-order valence-electron chi connectivity index (χ2n) is 5.88. The Labute approximate surface area is 140 Å². The Hall–Kier alpha value is -2.67. The normalized spacial score (nSPS) is 14.2. The summed E-state index contributed by atoms with van der Waals surface area (Å²) in [6, 6.07) is 5.28. The number of aliphatic hydroxyl groups is 1. The van der Waals surface area contributed by atoms with Crippen molar-refractivity contribution in [2.45, 2.75) is 20.8 Å². The number of imide groups is 1. The van der Waals surface area contributed by atoms with Crippen molar-refractivity contribution in [3.8, 4) is 0 Å². The van der Waals surface area contributed by atoms with E-state index in [0.717, 1.165) is 10.5 Å². The van der Waals surface area contributed by atoms with Crippen molar-refractivity contribution in [1.82, 2.24) is 4.90 Å². The molecule has 1 heterocycles. The lowest BCUT2D eigenvalue weighted by atomic mass is 10.1. The molecule has 7 nitrogen and oxygen atoms in total. The summed E-state index contributed by atoms with van der Waals surface area (Å²) in [7, 11) is 0. The van der Waals surface area contributed by atoms with Gasteiger partial charge >= 0.3 is 0 Å². The van der Waals surface area contributed by atoms with Crippen molar-refractivity contribution in [3.05, 3.63) is 35.5 Å². The van der Waals surface area contributed by atoms with Crippen LogP contribution in [0.2, 0.25) is 0 Å². The van der Waals surface area contributed by atoms with Crippen LogP contribution in [0.15, 0.2) is 30.0 Å². The number of hydrogen-bond donors (Lipinski definition) is 3. The molecule has 0 spiro atoms. The molecule has 2 rings (SSSR count). The van der Waals surface area contributed by atoms with E-state index in [0.29, 0.717) is 11.4 Å². The molecule has 0 bridgehead atoms. The minimum absolute atomic E-state index is 0.0387. The van der Waals surface area contributed by atoms with E-state index in [1.54, 1.807) is 26.0 Å². The summed E-state index contributed by atoms with van der Waals surface area (Å²) in [6.07, 6.45) is 1.20. The highest BCUT2D eigenvalue weighted by Crippen LogP contribution is 2.23. The maximum absolute atomic E-state index is 12.1. The maximum Gasteiger partial charge on any atom is 0.277 e. The second kappa shape index (κ2) is 7.27. The molecule has 3 amide bonds. The van der Waals surface area contributed by atoms with Gasteiger partial charge in [0.25, 0.3) is 11.8 Å². The zero-order valence-electron chi connectivity index (χ0n) is 13.9. The highest BCUT2D eigenvalue weighted by molar-refractivity contribution is 6.17. The first-order chi connectivity index (χ1) is 11.3. The van der Waals surface area contributed by atoms with Crippen LogP contribution in [-0.4, -0.2) is 40.9 Å². The molecule has 7 heteroatoms. The number of amides is 3. The van der Waals surface area contributed by atoms with Crippen LogP contribution in [0, 0.1) is 12.8 Å². The van der Waals surface area contributed by atoms with Gasteiger partial charge in [0, 0.05) is 23.4 Å². The SMILES string of the molecule is Cc1ccc(NC2=CC(=O)N(CCO)C2=O)cc1NC(=O)C(C)C. The summed E-state index contributed by atoms with van der Waals surface area (Å²) in [4.78, 5) is 36.7. The number of anilines is 2. The number of aryl methyl sites for hydroxylation is 1. The highest BCUT2D eigenvalue weighted by atomic mass is 16.3. The fraction of sp³-hybridized carbons (Fsp3) is 0.353. The molecule has 0 radical (unpaired) electrons. The maximum atomic E-state index is 12.1. The van der Waals surface area contributed by atoms with E-state index in [1.807, 2.05) is 13.0 Å². The van der Waals surface area contributed by atoms with Crippen LogP contribution in [0.3, 0.4) is 0 Å². The van der Waals surface area contributed by atoms with Crippen LogP contribution >= 0.6 is 0 Å². The largest absolute Gasteiger partial charge is 0.395 e. The van der Waals surface area contributed by atoms with Crippen molar-refractivity contribution >= 4 is 29.1 Å². The van der Waals surface area contributed by atoms with Crippen LogP contribution in [0.1, 0.15) is 19.4 Å². The molecule has 0 unspecified atom stereocenters. The molecular formula is C17H21N3O4. The average molecular weight is 331 g/mol. The summed E-state index contributed by atoms with van der Waals surface area (Å²) in [6.45, 7) is 5.15. The Morgan fingerprint density at radius 3 is 2.62 bits per heavy atom. The van der Waals surface area contributed by atoms with Crippen molar-refractivity contribution in [3.63, 3.8) is 0 Å². The number of nitrogens with zero attached hydrogens (tertiary/aromatic N) is 1. The number of β-amino-alcohol motifs (C(OH)–C–C–N with tert-alkyl or cyclic N) is 1. The molecule has 0 saturated carbocycles. The van der Waals surface area contributed by atoms with Gasteiger partial charge < -0.3 is 15.7 Å². The molecule has 1 aromatic rings. The third-order valence-corrected chi connectivity index (χ3v) is 3.63. The molecule has 0 saturated heterocycles. The van der Waals surface area contributed by atoms with Gasteiger partial charge in [-0.2, -0.15) is 0 Å². The van der Waals surface area contributed by atoms with Gasteiger partial charge in [0.2, 0.25) is 5.91 Å². The van der Waals surface area contributed by atoms with Crippen molar-refractivity contribution < 1.29 is 19.5 Å². The molecule has 1 aliphatic heterocycles. The van der Waals surface area contributed by atoms with Crippen molar-refractivity contribution in [2.75, 3.05) is 23.8 Å². The van der Waals surface area contributed by atoms with Crippen molar-refractivity contribution in [2.24, 2.45) is 5.92 Å². The predicted octanol–water partition coefficient (Wildman–Crippen LogP) is 1.25. The van der Waals surface area contributed by atoms with Gasteiger partial charge in [0.05, 0.1) is 13.2 Å². The summed E-state index contributed by atoms with van der Waals surface area (Å²) in [5.74, 6) is -1.19. The van der Waals surface area contributed by atoms with E-state index >= 15 is 0 Å². The number of carbonyl (C=O) groups is 3.